The summed E-state index contributed by atoms with van der Waals surface area (Å²) in [7, 11) is 0. The predicted molar refractivity (Wildman–Crippen MR) is 124 cm³/mol. The lowest BCUT2D eigenvalue weighted by atomic mass is 10.2. The van der Waals surface area contributed by atoms with Gasteiger partial charge in [0, 0.05) is 44.5 Å². The Labute approximate surface area is 193 Å². The minimum Gasteiger partial charge on any atom is -0.492 e. The lowest BCUT2D eigenvalue weighted by Gasteiger charge is -2.25. The van der Waals surface area contributed by atoms with Crippen molar-refractivity contribution in [1.82, 2.24) is 25.0 Å². The topological polar surface area (TPSA) is 75.5 Å². The third-order valence-corrected chi connectivity index (χ3v) is 5.60. The number of nitrogens with zero attached hydrogens (tertiary/aromatic N) is 5. The number of ether oxygens (including phenoxy) is 1. The summed E-state index contributed by atoms with van der Waals surface area (Å²) in [5.41, 5.74) is 2.76. The largest absolute Gasteiger partial charge is 0.492 e. The third kappa shape index (κ3) is 5.60. The molecular formula is C24H29FN6O2. The molecule has 4 rings (SSSR count). The first kappa shape index (κ1) is 22.6. The number of rotatable bonds is 6. The van der Waals surface area contributed by atoms with Crippen LogP contribution in [0.2, 0.25) is 0 Å². The van der Waals surface area contributed by atoms with E-state index < -0.39 is 0 Å². The average Bonchev–Trinajstić information content (AvgIpc) is 3.10. The number of hydrogen-bond acceptors (Lipinski definition) is 5. The normalized spacial score (nSPS) is 14.2. The van der Waals surface area contributed by atoms with Crippen molar-refractivity contribution in [2.24, 2.45) is 0 Å². The molecule has 0 radical (unpaired) electrons. The van der Waals surface area contributed by atoms with E-state index in [0.29, 0.717) is 32.1 Å². The number of carbonyl (C=O) groups excluding carboxylic acids is 1. The Morgan fingerprint density at radius 2 is 1.94 bits per heavy atom. The molecule has 0 aliphatic carbocycles. The lowest BCUT2D eigenvalue weighted by Crippen LogP contribution is -2.41. The fraction of sp³-hybridized carbons (Fsp3) is 0.375. The summed E-state index contributed by atoms with van der Waals surface area (Å²) >= 11 is 0. The standard InChI is InChI=1S/C24H29FN6O2/c1-3-33-23-15-21(9-10-22(23)31-17-27-18(2)28-31)29-11-4-12-30(14-13-29)24(32)26-16-19-5-7-20(25)8-6-19/h5-10,15,17H,3-4,11-14,16H2,1-2H3,(H,26,32). The van der Waals surface area contributed by atoms with Crippen LogP contribution in [0.3, 0.4) is 0 Å². The number of carbonyl (C=O) groups is 1. The number of anilines is 1. The molecule has 174 valence electrons. The maximum atomic E-state index is 13.1. The fourth-order valence-electron chi connectivity index (χ4n) is 3.89. The van der Waals surface area contributed by atoms with Gasteiger partial charge in [0.25, 0.3) is 0 Å². The molecule has 1 saturated heterocycles. The van der Waals surface area contributed by atoms with Crippen molar-refractivity contribution < 1.29 is 13.9 Å². The smallest absolute Gasteiger partial charge is 0.317 e. The van der Waals surface area contributed by atoms with Gasteiger partial charge in [-0.2, -0.15) is 5.10 Å². The molecule has 0 spiro atoms. The number of halogens is 1. The summed E-state index contributed by atoms with van der Waals surface area (Å²) in [6, 6.07) is 12.1. The first-order valence-corrected chi connectivity index (χ1v) is 11.2. The number of nitrogens with one attached hydrogen (secondary N) is 1. The SMILES string of the molecule is CCOc1cc(N2CCCN(C(=O)NCc3ccc(F)cc3)CC2)ccc1-n1cnc(C)n1. The molecule has 3 aromatic rings. The van der Waals surface area contributed by atoms with Crippen LogP contribution in [0.25, 0.3) is 5.69 Å². The molecule has 1 aliphatic rings. The van der Waals surface area contributed by atoms with E-state index in [1.54, 1.807) is 23.1 Å². The number of aromatic nitrogens is 3. The van der Waals surface area contributed by atoms with Crippen LogP contribution in [0, 0.1) is 12.7 Å². The van der Waals surface area contributed by atoms with Crippen molar-refractivity contribution >= 4 is 11.7 Å². The Balaban J connectivity index is 1.40. The Morgan fingerprint density at radius 1 is 1.12 bits per heavy atom. The van der Waals surface area contributed by atoms with Crippen LogP contribution in [0.1, 0.15) is 24.7 Å². The van der Waals surface area contributed by atoms with Crippen molar-refractivity contribution in [3.63, 3.8) is 0 Å². The van der Waals surface area contributed by atoms with E-state index in [0.717, 1.165) is 42.2 Å². The first-order chi connectivity index (χ1) is 16.0. The molecule has 9 heteroatoms. The van der Waals surface area contributed by atoms with E-state index >= 15 is 0 Å². The summed E-state index contributed by atoms with van der Waals surface area (Å²) in [5, 5.41) is 7.33. The van der Waals surface area contributed by atoms with E-state index in [2.05, 4.69) is 26.4 Å². The highest BCUT2D eigenvalue weighted by Crippen LogP contribution is 2.29. The van der Waals surface area contributed by atoms with E-state index in [9.17, 15) is 9.18 Å². The van der Waals surface area contributed by atoms with E-state index in [4.69, 9.17) is 4.74 Å². The highest BCUT2D eigenvalue weighted by molar-refractivity contribution is 5.74. The highest BCUT2D eigenvalue weighted by atomic mass is 19.1. The van der Waals surface area contributed by atoms with Crippen LogP contribution in [0.4, 0.5) is 14.9 Å². The second-order valence-electron chi connectivity index (χ2n) is 7.93. The van der Waals surface area contributed by atoms with Crippen LogP contribution < -0.4 is 15.0 Å². The lowest BCUT2D eigenvalue weighted by molar-refractivity contribution is 0.201. The number of hydrogen-bond donors (Lipinski definition) is 1. The molecule has 0 bridgehead atoms. The molecule has 0 unspecified atom stereocenters. The molecule has 1 aliphatic heterocycles. The van der Waals surface area contributed by atoms with Crippen molar-refractivity contribution in [3.8, 4) is 11.4 Å². The second-order valence-corrected chi connectivity index (χ2v) is 7.93. The molecule has 0 saturated carbocycles. The molecule has 1 N–H and O–H groups in total. The molecule has 1 fully saturated rings. The van der Waals surface area contributed by atoms with Crippen LogP contribution >= 0.6 is 0 Å². The number of amides is 2. The van der Waals surface area contributed by atoms with Gasteiger partial charge in [0.05, 0.1) is 6.61 Å². The Morgan fingerprint density at radius 3 is 2.67 bits per heavy atom. The summed E-state index contributed by atoms with van der Waals surface area (Å²) in [4.78, 5) is 21.0. The first-order valence-electron chi connectivity index (χ1n) is 11.2. The quantitative estimate of drug-likeness (QED) is 0.619. The van der Waals surface area contributed by atoms with E-state index in [1.807, 2.05) is 30.9 Å². The van der Waals surface area contributed by atoms with Gasteiger partial charge in [-0.3, -0.25) is 0 Å². The zero-order valence-corrected chi connectivity index (χ0v) is 19.0. The third-order valence-electron chi connectivity index (χ3n) is 5.60. The molecular weight excluding hydrogens is 423 g/mol. The van der Waals surface area contributed by atoms with Gasteiger partial charge in [0.2, 0.25) is 0 Å². The maximum absolute atomic E-state index is 13.1. The Bertz CT molecular complexity index is 1080. The van der Waals surface area contributed by atoms with Gasteiger partial charge in [-0.25, -0.2) is 18.9 Å². The minimum atomic E-state index is -0.283. The Kier molecular flexibility index (Phi) is 7.07. The number of aryl methyl sites for hydroxylation is 1. The van der Waals surface area contributed by atoms with Gasteiger partial charge < -0.3 is 19.9 Å². The summed E-state index contributed by atoms with van der Waals surface area (Å²) < 4.78 is 20.7. The van der Waals surface area contributed by atoms with Crippen LogP contribution in [-0.2, 0) is 6.54 Å². The molecule has 33 heavy (non-hydrogen) atoms. The minimum absolute atomic E-state index is 0.104. The summed E-state index contributed by atoms with van der Waals surface area (Å²) in [5.74, 6) is 1.17. The van der Waals surface area contributed by atoms with Crippen LogP contribution in [-0.4, -0.2) is 58.5 Å². The van der Waals surface area contributed by atoms with Crippen LogP contribution in [0.5, 0.6) is 5.75 Å². The zero-order chi connectivity index (χ0) is 23.2. The average molecular weight is 453 g/mol. The van der Waals surface area contributed by atoms with Crippen molar-refractivity contribution in [2.45, 2.75) is 26.8 Å². The number of benzene rings is 2. The van der Waals surface area contributed by atoms with Crippen LogP contribution in [0.15, 0.2) is 48.8 Å². The molecule has 1 aromatic heterocycles. The van der Waals surface area contributed by atoms with Crippen molar-refractivity contribution in [2.75, 3.05) is 37.7 Å². The molecule has 2 amide bonds. The summed E-state index contributed by atoms with van der Waals surface area (Å²) in [6.07, 6.45) is 2.54. The van der Waals surface area contributed by atoms with Gasteiger partial charge in [-0.1, -0.05) is 12.1 Å². The van der Waals surface area contributed by atoms with Gasteiger partial charge >= 0.3 is 6.03 Å². The van der Waals surface area contributed by atoms with Crippen molar-refractivity contribution in [1.29, 1.82) is 0 Å². The molecule has 2 aromatic carbocycles. The second kappa shape index (κ2) is 10.3. The highest BCUT2D eigenvalue weighted by Gasteiger charge is 2.20. The molecule has 8 nitrogen and oxygen atoms in total. The fourth-order valence-corrected chi connectivity index (χ4v) is 3.89. The Hall–Kier alpha value is -3.62. The number of urea groups is 1. The summed E-state index contributed by atoms with van der Waals surface area (Å²) in [6.45, 7) is 7.59. The molecule has 0 atom stereocenters. The molecule has 2 heterocycles. The maximum Gasteiger partial charge on any atom is 0.317 e. The monoisotopic (exact) mass is 452 g/mol. The van der Waals surface area contributed by atoms with E-state index in [1.165, 1.54) is 12.1 Å². The van der Waals surface area contributed by atoms with Gasteiger partial charge in [-0.15, -0.1) is 0 Å². The zero-order valence-electron chi connectivity index (χ0n) is 19.0. The predicted octanol–water partition coefficient (Wildman–Crippen LogP) is 3.54. The van der Waals surface area contributed by atoms with E-state index in [-0.39, 0.29) is 11.8 Å². The van der Waals surface area contributed by atoms with Gasteiger partial charge in [0.15, 0.2) is 0 Å². The van der Waals surface area contributed by atoms with Crippen molar-refractivity contribution in [3.05, 3.63) is 66.0 Å². The van der Waals surface area contributed by atoms with Gasteiger partial charge in [0.1, 0.15) is 29.4 Å². The van der Waals surface area contributed by atoms with Gasteiger partial charge in [-0.05, 0) is 50.1 Å².